The fourth-order valence-electron chi connectivity index (χ4n) is 4.70. The number of ether oxygens (including phenoxy) is 1. The van der Waals surface area contributed by atoms with Crippen molar-refractivity contribution in [3.05, 3.63) is 41.4 Å². The van der Waals surface area contributed by atoms with E-state index in [0.717, 1.165) is 32.1 Å². The lowest BCUT2D eigenvalue weighted by Gasteiger charge is -2.34. The van der Waals surface area contributed by atoms with Crippen molar-refractivity contribution in [3.63, 3.8) is 0 Å². The van der Waals surface area contributed by atoms with Crippen LogP contribution in [0.5, 0.6) is 5.75 Å². The number of nitrogens with zero attached hydrogens (tertiary/aromatic N) is 1. The van der Waals surface area contributed by atoms with Crippen LogP contribution in [0.4, 0.5) is 18.9 Å². The van der Waals surface area contributed by atoms with Gasteiger partial charge in [-0.05, 0) is 42.5 Å². The molecule has 180 valence electrons. The Kier molecular flexibility index (Phi) is 6.85. The quantitative estimate of drug-likeness (QED) is 0.562. The molecule has 5 nitrogen and oxygen atoms in total. The molecule has 0 spiro atoms. The van der Waals surface area contributed by atoms with Crippen molar-refractivity contribution in [2.45, 2.75) is 49.2 Å². The van der Waals surface area contributed by atoms with Crippen LogP contribution in [0.25, 0.3) is 11.1 Å². The van der Waals surface area contributed by atoms with Crippen LogP contribution in [0.2, 0.25) is 5.02 Å². The van der Waals surface area contributed by atoms with Crippen LogP contribution < -0.4 is 10.1 Å². The summed E-state index contributed by atoms with van der Waals surface area (Å²) in [5, 5.41) is 3.63. The zero-order chi connectivity index (χ0) is 23.8. The highest BCUT2D eigenvalue weighted by atomic mass is 35.5. The van der Waals surface area contributed by atoms with Crippen molar-refractivity contribution in [2.24, 2.45) is 5.92 Å². The summed E-state index contributed by atoms with van der Waals surface area (Å²) >= 11 is 5.96. The Hall–Kier alpha value is -1.97. The van der Waals surface area contributed by atoms with Gasteiger partial charge in [0.1, 0.15) is 10.6 Å². The van der Waals surface area contributed by atoms with Crippen LogP contribution in [-0.4, -0.2) is 45.1 Å². The first kappa shape index (κ1) is 24.2. The molecule has 1 fully saturated rings. The first-order valence-corrected chi connectivity index (χ1v) is 12.7. The zero-order valence-electron chi connectivity index (χ0n) is 18.2. The Bertz CT molecular complexity index is 1100. The maximum atomic E-state index is 13.6. The van der Waals surface area contributed by atoms with Crippen molar-refractivity contribution < 1.29 is 26.3 Å². The van der Waals surface area contributed by atoms with Gasteiger partial charge < -0.3 is 10.1 Å². The predicted molar refractivity (Wildman–Crippen MR) is 122 cm³/mol. The van der Waals surface area contributed by atoms with Gasteiger partial charge in [0.05, 0.1) is 5.69 Å². The highest BCUT2D eigenvalue weighted by Crippen LogP contribution is 2.42. The molecule has 4 rings (SSSR count). The van der Waals surface area contributed by atoms with E-state index < -0.39 is 22.8 Å². The standard InChI is InChI=1S/C23H26ClF3N2O3S/c1-29-20(16-5-3-2-4-6-16)13-28-19-12-21(32-14-23(25,26)27)18(11-22(19)33(29,30)31)15-7-9-17(24)10-8-15/h7-12,16,20,28H,2-6,13-14H2,1H3/t20-/m0/s1. The number of alkyl halides is 3. The Morgan fingerprint density at radius 1 is 1.12 bits per heavy atom. The minimum Gasteiger partial charge on any atom is -0.483 e. The van der Waals surface area contributed by atoms with Crippen LogP contribution in [0, 0.1) is 5.92 Å². The van der Waals surface area contributed by atoms with Gasteiger partial charge in [-0.1, -0.05) is 43.0 Å². The average Bonchev–Trinajstić information content (AvgIpc) is 2.87. The van der Waals surface area contributed by atoms with Crippen molar-refractivity contribution in [3.8, 4) is 16.9 Å². The molecule has 2 aromatic rings. The molecule has 10 heteroatoms. The van der Waals surface area contributed by atoms with Gasteiger partial charge in [-0.2, -0.15) is 17.5 Å². The van der Waals surface area contributed by atoms with E-state index in [1.54, 1.807) is 31.3 Å². The Labute approximate surface area is 196 Å². The summed E-state index contributed by atoms with van der Waals surface area (Å²) < 4.78 is 72.4. The summed E-state index contributed by atoms with van der Waals surface area (Å²) in [4.78, 5) is 0.0209. The Balaban J connectivity index is 1.78. The number of hydrogen-bond acceptors (Lipinski definition) is 4. The third kappa shape index (κ3) is 5.25. The third-order valence-electron chi connectivity index (χ3n) is 6.45. The molecule has 1 atom stereocenters. The molecule has 2 aromatic carbocycles. The van der Waals surface area contributed by atoms with Crippen molar-refractivity contribution in [2.75, 3.05) is 25.5 Å². The number of likely N-dealkylation sites (N-methyl/N-ethyl adjacent to an activating group) is 1. The second kappa shape index (κ2) is 9.35. The second-order valence-corrected chi connectivity index (χ2v) is 11.0. The minimum absolute atomic E-state index is 0.0209. The van der Waals surface area contributed by atoms with Crippen LogP contribution >= 0.6 is 11.6 Å². The van der Waals surface area contributed by atoms with Crippen LogP contribution in [0.15, 0.2) is 41.3 Å². The summed E-state index contributed by atoms with van der Waals surface area (Å²) in [7, 11) is -2.30. The van der Waals surface area contributed by atoms with E-state index in [1.165, 1.54) is 16.4 Å². The van der Waals surface area contributed by atoms with E-state index in [2.05, 4.69) is 5.32 Å². The lowest BCUT2D eigenvalue weighted by Crippen LogP contribution is -2.44. The van der Waals surface area contributed by atoms with Gasteiger partial charge in [0, 0.05) is 36.3 Å². The SMILES string of the molecule is CN1[C@H](C2CCCCC2)CNc2cc(OCC(F)(F)F)c(-c3ccc(Cl)cc3)cc2S1(=O)=O. The second-order valence-electron chi connectivity index (χ2n) is 8.62. The summed E-state index contributed by atoms with van der Waals surface area (Å²) in [6, 6.07) is 8.95. The van der Waals surface area contributed by atoms with Crippen LogP contribution in [0.3, 0.4) is 0 Å². The van der Waals surface area contributed by atoms with E-state index in [-0.39, 0.29) is 33.9 Å². The van der Waals surface area contributed by atoms with Crippen molar-refractivity contribution in [1.29, 1.82) is 0 Å². The molecular weight excluding hydrogens is 477 g/mol. The van der Waals surface area contributed by atoms with Crippen LogP contribution in [-0.2, 0) is 10.0 Å². The number of nitrogens with one attached hydrogen (secondary N) is 1. The number of benzene rings is 2. The monoisotopic (exact) mass is 502 g/mol. The molecule has 0 amide bonds. The molecule has 1 N–H and O–H groups in total. The van der Waals surface area contributed by atoms with Gasteiger partial charge in [0.25, 0.3) is 0 Å². The van der Waals surface area contributed by atoms with Gasteiger partial charge in [-0.25, -0.2) is 8.42 Å². The fraction of sp³-hybridized carbons (Fsp3) is 0.478. The van der Waals surface area contributed by atoms with E-state index in [4.69, 9.17) is 16.3 Å². The van der Waals surface area contributed by atoms with Gasteiger partial charge in [-0.15, -0.1) is 0 Å². The number of rotatable bonds is 4. The van der Waals surface area contributed by atoms with E-state index in [1.807, 2.05) is 0 Å². The van der Waals surface area contributed by atoms with Crippen molar-refractivity contribution >= 4 is 27.3 Å². The van der Waals surface area contributed by atoms with Gasteiger partial charge in [-0.3, -0.25) is 0 Å². The topological polar surface area (TPSA) is 58.6 Å². The molecule has 0 saturated heterocycles. The van der Waals surface area contributed by atoms with Gasteiger partial charge in [0.15, 0.2) is 6.61 Å². The molecule has 0 unspecified atom stereocenters. The van der Waals surface area contributed by atoms with Crippen molar-refractivity contribution in [1.82, 2.24) is 4.31 Å². The highest BCUT2D eigenvalue weighted by Gasteiger charge is 2.38. The molecule has 33 heavy (non-hydrogen) atoms. The number of anilines is 1. The normalized spacial score (nSPS) is 21.7. The summed E-state index contributed by atoms with van der Waals surface area (Å²) in [5.41, 5.74) is 1.00. The van der Waals surface area contributed by atoms with Gasteiger partial charge in [0.2, 0.25) is 10.0 Å². The summed E-state index contributed by atoms with van der Waals surface area (Å²) in [5.74, 6) is 0.187. The third-order valence-corrected chi connectivity index (χ3v) is 8.62. The molecule has 1 saturated carbocycles. The molecule has 0 bridgehead atoms. The minimum atomic E-state index is -4.53. The number of halogens is 4. The molecule has 1 heterocycles. The smallest absolute Gasteiger partial charge is 0.422 e. The number of fused-ring (bicyclic) bond motifs is 1. The molecular formula is C23H26ClF3N2O3S. The predicted octanol–water partition coefficient (Wildman–Crippen LogP) is 5.94. The zero-order valence-corrected chi connectivity index (χ0v) is 19.7. The first-order chi connectivity index (χ1) is 15.6. The molecule has 1 aliphatic carbocycles. The summed E-state index contributed by atoms with van der Waals surface area (Å²) in [6.45, 7) is -1.10. The molecule has 0 aromatic heterocycles. The van der Waals surface area contributed by atoms with E-state index in [0.29, 0.717) is 17.1 Å². The van der Waals surface area contributed by atoms with E-state index in [9.17, 15) is 21.6 Å². The maximum absolute atomic E-state index is 13.6. The summed E-state index contributed by atoms with van der Waals surface area (Å²) in [6.07, 6.45) is 0.668. The van der Waals surface area contributed by atoms with E-state index >= 15 is 0 Å². The highest BCUT2D eigenvalue weighted by molar-refractivity contribution is 7.89. The molecule has 2 aliphatic rings. The Morgan fingerprint density at radius 2 is 1.79 bits per heavy atom. The lowest BCUT2D eigenvalue weighted by atomic mass is 9.84. The first-order valence-electron chi connectivity index (χ1n) is 10.9. The lowest BCUT2D eigenvalue weighted by molar-refractivity contribution is -0.153. The largest absolute Gasteiger partial charge is 0.483 e. The fourth-order valence-corrected chi connectivity index (χ4v) is 6.42. The Morgan fingerprint density at radius 3 is 2.42 bits per heavy atom. The molecule has 0 radical (unpaired) electrons. The average molecular weight is 503 g/mol. The van der Waals surface area contributed by atoms with Gasteiger partial charge >= 0.3 is 6.18 Å². The maximum Gasteiger partial charge on any atom is 0.422 e. The van der Waals surface area contributed by atoms with Crippen LogP contribution in [0.1, 0.15) is 32.1 Å². The molecule has 1 aliphatic heterocycles. The number of hydrogen-bond donors (Lipinski definition) is 1. The number of sulfonamides is 1.